The maximum Gasteiger partial charge on any atom is 0.312 e. The van der Waals surface area contributed by atoms with Crippen LogP contribution < -0.4 is 4.74 Å². The standard InChI is InChI=1S/C26H34O5/c1-22-9-4-10-25(15-30-21(22)28)19(22)7-11-23(2)20(25)8-12-24(3,29)26(23)14-16-13-17(27)5-6-18(16)31-26/h5-6,13,19-20,27,29H,4,7-12,14-15H2,1-3H3. The average Bonchev–Trinajstić information content (AvgIpc) is 3.10. The summed E-state index contributed by atoms with van der Waals surface area (Å²) >= 11 is 0. The van der Waals surface area contributed by atoms with Crippen LogP contribution in [0.2, 0.25) is 0 Å². The summed E-state index contributed by atoms with van der Waals surface area (Å²) in [5.74, 6) is 1.69. The van der Waals surface area contributed by atoms with Gasteiger partial charge >= 0.3 is 5.97 Å². The van der Waals surface area contributed by atoms with Gasteiger partial charge in [-0.15, -0.1) is 0 Å². The number of cyclic esters (lactones) is 1. The van der Waals surface area contributed by atoms with Gasteiger partial charge in [0.1, 0.15) is 22.7 Å². The number of aliphatic hydroxyl groups is 1. The van der Waals surface area contributed by atoms with Gasteiger partial charge < -0.3 is 19.7 Å². The Balaban J connectivity index is 1.49. The van der Waals surface area contributed by atoms with Crippen molar-refractivity contribution in [1.29, 1.82) is 0 Å². The van der Waals surface area contributed by atoms with Crippen LogP contribution in [0, 0.1) is 28.1 Å². The third kappa shape index (κ3) is 2.15. The van der Waals surface area contributed by atoms with Crippen LogP contribution in [-0.4, -0.2) is 34.0 Å². The fourth-order valence-electron chi connectivity index (χ4n) is 9.17. The molecular weight excluding hydrogens is 392 g/mol. The Morgan fingerprint density at radius 3 is 2.61 bits per heavy atom. The van der Waals surface area contributed by atoms with Crippen LogP contribution in [0.15, 0.2) is 18.2 Å². The lowest BCUT2D eigenvalue weighted by atomic mass is 9.36. The summed E-state index contributed by atoms with van der Waals surface area (Å²) < 4.78 is 12.7. The number of fused-ring (bicyclic) bond motifs is 3. The number of hydrogen-bond acceptors (Lipinski definition) is 5. The lowest BCUT2D eigenvalue weighted by Gasteiger charge is -2.71. The summed E-state index contributed by atoms with van der Waals surface area (Å²) in [5, 5.41) is 21.9. The number of aromatic hydroxyl groups is 1. The van der Waals surface area contributed by atoms with E-state index in [0.717, 1.165) is 49.8 Å². The molecule has 5 heteroatoms. The Labute approximate surface area is 184 Å². The van der Waals surface area contributed by atoms with Crippen molar-refractivity contribution in [3.05, 3.63) is 23.8 Å². The Morgan fingerprint density at radius 2 is 1.81 bits per heavy atom. The smallest absolute Gasteiger partial charge is 0.312 e. The fourth-order valence-corrected chi connectivity index (χ4v) is 9.17. The van der Waals surface area contributed by atoms with Crippen LogP contribution in [0.1, 0.15) is 71.3 Å². The summed E-state index contributed by atoms with van der Waals surface area (Å²) in [4.78, 5) is 12.8. The average molecular weight is 427 g/mol. The number of hydrogen-bond donors (Lipinski definition) is 2. The number of carbonyl (C=O) groups is 1. The van der Waals surface area contributed by atoms with E-state index in [2.05, 4.69) is 13.8 Å². The molecule has 1 saturated heterocycles. The van der Waals surface area contributed by atoms with Gasteiger partial charge in [-0.1, -0.05) is 13.3 Å². The molecule has 4 fully saturated rings. The summed E-state index contributed by atoms with van der Waals surface area (Å²) in [6.07, 6.45) is 7.19. The molecule has 2 heterocycles. The molecule has 7 atom stereocenters. The maximum atomic E-state index is 12.8. The predicted molar refractivity (Wildman–Crippen MR) is 115 cm³/mol. The predicted octanol–water partition coefficient (Wildman–Crippen LogP) is 4.38. The normalized spacial score (nSPS) is 50.1. The summed E-state index contributed by atoms with van der Waals surface area (Å²) in [5.41, 5.74) is -1.39. The van der Waals surface area contributed by atoms with Crippen molar-refractivity contribution in [2.75, 3.05) is 6.61 Å². The largest absolute Gasteiger partial charge is 0.508 e. The lowest BCUT2D eigenvalue weighted by Crippen LogP contribution is -2.75. The first-order valence-corrected chi connectivity index (χ1v) is 12.0. The van der Waals surface area contributed by atoms with E-state index in [0.29, 0.717) is 31.3 Å². The van der Waals surface area contributed by atoms with Gasteiger partial charge in [0, 0.05) is 22.8 Å². The van der Waals surface area contributed by atoms with E-state index >= 15 is 0 Å². The van der Waals surface area contributed by atoms with Gasteiger partial charge in [0.25, 0.3) is 0 Å². The second kappa shape index (κ2) is 5.78. The van der Waals surface area contributed by atoms with E-state index in [1.807, 2.05) is 13.0 Å². The minimum absolute atomic E-state index is 0.00561. The van der Waals surface area contributed by atoms with Crippen molar-refractivity contribution in [3.8, 4) is 11.5 Å². The molecule has 1 aromatic carbocycles. The fraction of sp³-hybridized carbons (Fsp3) is 0.731. The Bertz CT molecular complexity index is 971. The van der Waals surface area contributed by atoms with Crippen molar-refractivity contribution in [2.45, 2.75) is 83.3 Å². The van der Waals surface area contributed by atoms with E-state index in [9.17, 15) is 15.0 Å². The Kier molecular flexibility index (Phi) is 3.71. The Hall–Kier alpha value is -1.75. The number of esters is 1. The molecule has 168 valence electrons. The molecule has 3 aliphatic carbocycles. The third-order valence-electron chi connectivity index (χ3n) is 10.6. The van der Waals surface area contributed by atoms with Crippen LogP contribution in [-0.2, 0) is 16.0 Å². The third-order valence-corrected chi connectivity index (χ3v) is 10.6. The van der Waals surface area contributed by atoms with E-state index in [1.165, 1.54) is 0 Å². The molecule has 0 amide bonds. The van der Waals surface area contributed by atoms with Gasteiger partial charge in [0.2, 0.25) is 0 Å². The molecule has 7 unspecified atom stereocenters. The zero-order valence-electron chi connectivity index (χ0n) is 18.9. The second-order valence-corrected chi connectivity index (χ2v) is 11.9. The summed E-state index contributed by atoms with van der Waals surface area (Å²) in [6, 6.07) is 5.29. The second-order valence-electron chi connectivity index (χ2n) is 11.9. The van der Waals surface area contributed by atoms with Crippen molar-refractivity contribution in [3.63, 3.8) is 0 Å². The highest BCUT2D eigenvalue weighted by molar-refractivity contribution is 5.78. The van der Waals surface area contributed by atoms with E-state index in [4.69, 9.17) is 9.47 Å². The minimum Gasteiger partial charge on any atom is -0.508 e. The molecule has 3 saturated carbocycles. The molecule has 2 N–H and O–H groups in total. The number of phenols is 1. The van der Waals surface area contributed by atoms with Crippen molar-refractivity contribution in [1.82, 2.24) is 0 Å². The van der Waals surface area contributed by atoms with Gasteiger partial charge in [-0.2, -0.15) is 0 Å². The molecule has 0 radical (unpaired) electrons. The van der Waals surface area contributed by atoms with Gasteiger partial charge in [-0.3, -0.25) is 4.79 Å². The summed E-state index contributed by atoms with van der Waals surface area (Å²) in [7, 11) is 0. The van der Waals surface area contributed by atoms with Gasteiger partial charge in [-0.25, -0.2) is 0 Å². The molecule has 2 aliphatic heterocycles. The Morgan fingerprint density at radius 1 is 1.03 bits per heavy atom. The molecule has 2 bridgehead atoms. The lowest BCUT2D eigenvalue weighted by molar-refractivity contribution is -0.293. The van der Waals surface area contributed by atoms with Crippen molar-refractivity contribution in [2.24, 2.45) is 28.1 Å². The highest BCUT2D eigenvalue weighted by Crippen LogP contribution is 2.73. The molecule has 5 aliphatic rings. The number of ether oxygens (including phenoxy) is 2. The summed E-state index contributed by atoms with van der Waals surface area (Å²) in [6.45, 7) is 6.91. The highest BCUT2D eigenvalue weighted by atomic mass is 16.5. The first-order chi connectivity index (χ1) is 14.6. The zero-order valence-corrected chi connectivity index (χ0v) is 18.9. The molecule has 0 aromatic heterocycles. The minimum atomic E-state index is -0.973. The molecular formula is C26H34O5. The first kappa shape index (κ1) is 19.9. The number of phenolic OH excluding ortho intramolecular Hbond substituents is 1. The number of carbonyl (C=O) groups excluding carboxylic acids is 1. The number of benzene rings is 1. The monoisotopic (exact) mass is 426 g/mol. The highest BCUT2D eigenvalue weighted by Gasteiger charge is 2.75. The molecule has 1 spiro atoms. The SMILES string of the molecule is CC12CCCC3(COC1=O)C2CCC1(C)C3CCC(C)(O)C12Cc1cc(O)ccc1O2. The van der Waals surface area contributed by atoms with Gasteiger partial charge in [0.05, 0.1) is 12.0 Å². The van der Waals surface area contributed by atoms with E-state index < -0.39 is 11.2 Å². The van der Waals surface area contributed by atoms with Crippen LogP contribution in [0.25, 0.3) is 0 Å². The zero-order chi connectivity index (χ0) is 21.9. The molecule has 31 heavy (non-hydrogen) atoms. The van der Waals surface area contributed by atoms with Crippen molar-refractivity contribution < 1.29 is 24.5 Å². The van der Waals surface area contributed by atoms with Crippen LogP contribution in [0.5, 0.6) is 11.5 Å². The van der Waals surface area contributed by atoms with Gasteiger partial charge in [0.15, 0.2) is 0 Å². The van der Waals surface area contributed by atoms with Crippen LogP contribution in [0.4, 0.5) is 0 Å². The number of rotatable bonds is 0. The maximum absolute atomic E-state index is 12.8. The van der Waals surface area contributed by atoms with Crippen LogP contribution >= 0.6 is 0 Å². The van der Waals surface area contributed by atoms with Gasteiger partial charge in [-0.05, 0) is 82.4 Å². The molecule has 5 nitrogen and oxygen atoms in total. The van der Waals surface area contributed by atoms with Crippen LogP contribution in [0.3, 0.4) is 0 Å². The van der Waals surface area contributed by atoms with Crippen molar-refractivity contribution >= 4 is 5.97 Å². The first-order valence-electron chi connectivity index (χ1n) is 12.0. The van der Waals surface area contributed by atoms with E-state index in [1.54, 1.807) is 12.1 Å². The van der Waals surface area contributed by atoms with E-state index in [-0.39, 0.29) is 28.0 Å². The molecule has 6 rings (SSSR count). The topological polar surface area (TPSA) is 76.0 Å². The molecule has 1 aromatic rings. The quantitative estimate of drug-likeness (QED) is 0.602.